The van der Waals surface area contributed by atoms with Crippen molar-refractivity contribution in [2.24, 2.45) is 5.92 Å². The van der Waals surface area contributed by atoms with Crippen molar-refractivity contribution >= 4 is 56.6 Å². The van der Waals surface area contributed by atoms with Crippen LogP contribution in [0.3, 0.4) is 0 Å². The molecule has 174 valence electrons. The lowest BCUT2D eigenvalue weighted by Gasteiger charge is -2.30. The lowest BCUT2D eigenvalue weighted by molar-refractivity contribution is -0.120. The number of nitrogens with one attached hydrogen (secondary N) is 1. The van der Waals surface area contributed by atoms with Crippen molar-refractivity contribution in [3.05, 3.63) is 75.4 Å². The molecular weight excluding hydrogens is 507 g/mol. The molecule has 0 radical (unpaired) electrons. The fraction of sp³-hybridized carbons (Fsp3) is 0.273. The van der Waals surface area contributed by atoms with E-state index in [-0.39, 0.29) is 35.6 Å². The molecule has 0 saturated carbocycles. The van der Waals surface area contributed by atoms with Crippen LogP contribution < -0.4 is 5.32 Å². The van der Waals surface area contributed by atoms with Gasteiger partial charge in [-0.3, -0.25) is 9.48 Å². The lowest BCUT2D eigenvalue weighted by atomic mass is 9.97. The highest BCUT2D eigenvalue weighted by Gasteiger charge is 2.32. The van der Waals surface area contributed by atoms with E-state index in [0.717, 1.165) is 5.56 Å². The van der Waals surface area contributed by atoms with Gasteiger partial charge in [-0.15, -0.1) is 0 Å². The zero-order valence-electron chi connectivity index (χ0n) is 17.4. The largest absolute Gasteiger partial charge is 0.308 e. The first-order chi connectivity index (χ1) is 15.7. The molecule has 3 aromatic rings. The number of hydrogen-bond acceptors (Lipinski definition) is 4. The number of anilines is 1. The van der Waals surface area contributed by atoms with E-state index < -0.39 is 10.0 Å². The number of aromatic nitrogens is 2. The van der Waals surface area contributed by atoms with Crippen LogP contribution in [0, 0.1) is 5.92 Å². The second-order valence-corrected chi connectivity index (χ2v) is 10.9. The molecule has 11 heteroatoms. The Morgan fingerprint density at radius 2 is 1.67 bits per heavy atom. The highest BCUT2D eigenvalue weighted by Crippen LogP contribution is 2.27. The van der Waals surface area contributed by atoms with E-state index in [0.29, 0.717) is 34.5 Å². The Kier molecular flexibility index (Phi) is 7.31. The van der Waals surface area contributed by atoms with E-state index in [1.54, 1.807) is 29.1 Å². The molecule has 1 N–H and O–H groups in total. The fourth-order valence-corrected chi connectivity index (χ4v) is 5.69. The average Bonchev–Trinajstić information content (AvgIpc) is 3.14. The van der Waals surface area contributed by atoms with Gasteiger partial charge in [-0.2, -0.15) is 9.40 Å². The van der Waals surface area contributed by atoms with Gasteiger partial charge in [0.15, 0.2) is 5.82 Å². The fourth-order valence-electron chi connectivity index (χ4n) is 3.70. The quantitative estimate of drug-likeness (QED) is 0.493. The van der Waals surface area contributed by atoms with E-state index in [1.807, 2.05) is 18.2 Å². The molecule has 1 amide bonds. The summed E-state index contributed by atoms with van der Waals surface area (Å²) in [5.74, 6) is -0.306. The molecule has 0 spiro atoms. The Balaban J connectivity index is 1.36. The highest BCUT2D eigenvalue weighted by atomic mass is 35.5. The minimum Gasteiger partial charge on any atom is -0.308 e. The summed E-state index contributed by atoms with van der Waals surface area (Å²) in [6.07, 6.45) is 2.43. The Morgan fingerprint density at radius 3 is 2.33 bits per heavy atom. The standard InChI is InChI=1S/C22H21Cl3N4O3S/c23-17-5-7-18(8-6-17)33(31,32)29-11-9-15(10-12-29)22(30)26-21-20(25)14-28(27-21)13-16-3-1-2-4-19(16)24/h1-8,14-15H,9-13H2,(H,26,27,30). The third kappa shape index (κ3) is 5.53. The second-order valence-electron chi connectivity index (χ2n) is 7.74. The van der Waals surface area contributed by atoms with Crippen molar-refractivity contribution in [2.75, 3.05) is 18.4 Å². The van der Waals surface area contributed by atoms with Gasteiger partial charge in [0.2, 0.25) is 15.9 Å². The number of carbonyl (C=O) groups excluding carboxylic acids is 1. The SMILES string of the molecule is O=C(Nc1nn(Cc2ccccc2Cl)cc1Cl)C1CCN(S(=O)(=O)c2ccc(Cl)cc2)CC1. The molecule has 1 aromatic heterocycles. The maximum Gasteiger partial charge on any atom is 0.243 e. The van der Waals surface area contributed by atoms with Crippen molar-refractivity contribution in [2.45, 2.75) is 24.3 Å². The normalized spacial score (nSPS) is 15.5. The molecule has 2 aromatic carbocycles. The van der Waals surface area contributed by atoms with Gasteiger partial charge in [-0.05, 0) is 48.7 Å². The number of piperidine rings is 1. The average molecular weight is 528 g/mol. The number of halogens is 3. The van der Waals surface area contributed by atoms with Gasteiger partial charge in [-0.1, -0.05) is 53.0 Å². The smallest absolute Gasteiger partial charge is 0.243 e. The Morgan fingerprint density at radius 1 is 1.00 bits per heavy atom. The summed E-state index contributed by atoms with van der Waals surface area (Å²) in [6.45, 7) is 0.908. The van der Waals surface area contributed by atoms with Crippen LogP contribution in [-0.2, 0) is 21.4 Å². The minimum absolute atomic E-state index is 0.186. The lowest BCUT2D eigenvalue weighted by Crippen LogP contribution is -2.41. The first kappa shape index (κ1) is 24.0. The first-order valence-corrected chi connectivity index (χ1v) is 12.8. The molecule has 1 aliphatic rings. The van der Waals surface area contributed by atoms with Crippen LogP contribution >= 0.6 is 34.8 Å². The van der Waals surface area contributed by atoms with E-state index >= 15 is 0 Å². The molecular formula is C22H21Cl3N4O3S. The Bertz CT molecular complexity index is 1250. The summed E-state index contributed by atoms with van der Waals surface area (Å²) in [7, 11) is -3.63. The molecule has 1 saturated heterocycles. The first-order valence-electron chi connectivity index (χ1n) is 10.3. The third-order valence-corrected chi connectivity index (χ3v) is 8.34. The Hall–Kier alpha value is -2.10. The van der Waals surface area contributed by atoms with Crippen LogP contribution in [0.5, 0.6) is 0 Å². The number of amides is 1. The molecule has 2 heterocycles. The molecule has 33 heavy (non-hydrogen) atoms. The number of nitrogens with zero attached hydrogens (tertiary/aromatic N) is 3. The molecule has 4 rings (SSSR count). The van der Waals surface area contributed by atoms with Crippen molar-refractivity contribution in [3.8, 4) is 0 Å². The molecule has 0 bridgehead atoms. The van der Waals surface area contributed by atoms with Crippen LogP contribution in [0.4, 0.5) is 5.82 Å². The van der Waals surface area contributed by atoms with Crippen LogP contribution in [0.1, 0.15) is 18.4 Å². The topological polar surface area (TPSA) is 84.3 Å². The van der Waals surface area contributed by atoms with Gasteiger partial charge >= 0.3 is 0 Å². The van der Waals surface area contributed by atoms with E-state index in [1.165, 1.54) is 16.4 Å². The minimum atomic E-state index is -3.63. The van der Waals surface area contributed by atoms with Crippen molar-refractivity contribution in [1.82, 2.24) is 14.1 Å². The predicted molar refractivity (Wildman–Crippen MR) is 129 cm³/mol. The zero-order chi connectivity index (χ0) is 23.6. The van der Waals surface area contributed by atoms with Gasteiger partial charge < -0.3 is 5.32 Å². The zero-order valence-corrected chi connectivity index (χ0v) is 20.5. The maximum atomic E-state index is 12.8. The van der Waals surface area contributed by atoms with Gasteiger partial charge in [0.25, 0.3) is 0 Å². The van der Waals surface area contributed by atoms with Gasteiger partial charge in [0.1, 0.15) is 5.02 Å². The molecule has 7 nitrogen and oxygen atoms in total. The maximum absolute atomic E-state index is 12.8. The summed E-state index contributed by atoms with van der Waals surface area (Å²) >= 11 is 18.3. The van der Waals surface area contributed by atoms with E-state index in [2.05, 4.69) is 10.4 Å². The molecule has 0 aliphatic carbocycles. The van der Waals surface area contributed by atoms with Crippen molar-refractivity contribution in [3.63, 3.8) is 0 Å². The number of benzene rings is 2. The second kappa shape index (κ2) is 10.0. The van der Waals surface area contributed by atoms with Crippen LogP contribution in [0.25, 0.3) is 0 Å². The monoisotopic (exact) mass is 526 g/mol. The van der Waals surface area contributed by atoms with Crippen LogP contribution in [0.2, 0.25) is 15.1 Å². The summed E-state index contributed by atoms with van der Waals surface area (Å²) in [5.41, 5.74) is 0.880. The molecule has 0 atom stereocenters. The summed E-state index contributed by atoms with van der Waals surface area (Å²) < 4.78 is 28.7. The predicted octanol–water partition coefficient (Wildman–Crippen LogP) is 4.93. The number of rotatable bonds is 6. The van der Waals surface area contributed by atoms with Crippen molar-refractivity contribution in [1.29, 1.82) is 0 Å². The molecule has 1 aliphatic heterocycles. The van der Waals surface area contributed by atoms with Crippen LogP contribution in [0.15, 0.2) is 59.6 Å². The number of carbonyl (C=O) groups is 1. The number of hydrogen-bond donors (Lipinski definition) is 1. The molecule has 1 fully saturated rings. The van der Waals surface area contributed by atoms with Crippen LogP contribution in [-0.4, -0.2) is 41.5 Å². The summed E-state index contributed by atoms with van der Waals surface area (Å²) in [4.78, 5) is 13.0. The van der Waals surface area contributed by atoms with Gasteiger partial charge in [0, 0.05) is 35.2 Å². The Labute approximate surface area is 207 Å². The van der Waals surface area contributed by atoms with E-state index in [4.69, 9.17) is 34.8 Å². The van der Waals surface area contributed by atoms with Crippen molar-refractivity contribution < 1.29 is 13.2 Å². The summed E-state index contributed by atoms with van der Waals surface area (Å²) in [5, 5.41) is 8.54. The molecule has 0 unspecified atom stereocenters. The summed E-state index contributed by atoms with van der Waals surface area (Å²) in [6, 6.07) is 13.5. The van der Waals surface area contributed by atoms with Gasteiger partial charge in [0.05, 0.1) is 11.4 Å². The number of sulfonamides is 1. The highest BCUT2D eigenvalue weighted by molar-refractivity contribution is 7.89. The van der Waals surface area contributed by atoms with Gasteiger partial charge in [-0.25, -0.2) is 8.42 Å². The third-order valence-electron chi connectivity index (χ3n) is 5.52. The van der Waals surface area contributed by atoms with E-state index in [9.17, 15) is 13.2 Å².